The number of benzene rings is 17. The van der Waals surface area contributed by atoms with E-state index in [1.807, 2.05) is 72.9 Å². The number of fused-ring (bicyclic) bond motifs is 12. The summed E-state index contributed by atoms with van der Waals surface area (Å²) in [5.41, 5.74) is 29.1. The van der Waals surface area contributed by atoms with Gasteiger partial charge >= 0.3 is 0 Å². The molecule has 0 spiro atoms. The molecule has 6 aromatic heterocycles. The third-order valence-electron chi connectivity index (χ3n) is 23.0. The third-order valence-corrected chi connectivity index (χ3v) is 23.0. The fourth-order valence-electron chi connectivity index (χ4n) is 17.4. The Morgan fingerprint density at radius 1 is 0.153 bits per heavy atom. The van der Waals surface area contributed by atoms with Crippen molar-refractivity contribution < 1.29 is 0 Å². The van der Waals surface area contributed by atoms with Crippen LogP contribution in [0.5, 0.6) is 0 Å². The van der Waals surface area contributed by atoms with E-state index in [0.29, 0.717) is 23.4 Å². The first-order valence-electron chi connectivity index (χ1n) is 39.9. The summed E-state index contributed by atoms with van der Waals surface area (Å²) >= 11 is 0. The second-order valence-electron chi connectivity index (χ2n) is 29.9. The summed E-state index contributed by atoms with van der Waals surface area (Å²) in [6, 6.07) is 151. The molecular formula is C109H71N9. The van der Waals surface area contributed by atoms with Crippen LogP contribution in [0.4, 0.5) is 0 Å². The van der Waals surface area contributed by atoms with Crippen molar-refractivity contribution in [2.24, 2.45) is 0 Å². The smallest absolute Gasteiger partial charge is 0.235 e. The molecule has 0 radical (unpaired) electrons. The van der Waals surface area contributed by atoms with E-state index in [1.54, 1.807) is 0 Å². The molecule has 0 saturated heterocycles. The summed E-state index contributed by atoms with van der Waals surface area (Å²) in [6.07, 6.45) is 1.87. The van der Waals surface area contributed by atoms with Crippen molar-refractivity contribution in [2.75, 3.05) is 0 Å². The molecule has 0 aliphatic heterocycles. The minimum Gasteiger partial charge on any atom is -0.309 e. The molecule has 0 aliphatic rings. The predicted octanol–water partition coefficient (Wildman–Crippen LogP) is 27.7. The standard InChI is InChI=1S/C58H38N4.C51H33N5/c1-4-13-39(14-5-1)41-23-25-42(26-24-41)43-17-12-18-47(35-43)53-33-34-59-58(60-53)62-54-22-11-10-21-49(54)50-37-45(29-32-57(50)62)46-28-31-56-52(38-46)51-36-44(40-15-6-2-7-16-40)27-30-55(51)61(56)48-19-8-3-9-20-48;1-3-15-34(16-4-1)49-52-50(35-17-5-2-6-18-35)54-51(53-49)38-20-14-22-40(32-38)56-47-28-12-9-25-43(47)44-33-37(29-30-48(44)56)36-19-13-21-39(31-36)55-45-26-10-7-23-41(45)42-24-8-11-27-46(42)55/h1-38H;1-33H. The molecule has 118 heavy (non-hydrogen) atoms. The lowest BCUT2D eigenvalue weighted by atomic mass is 9.98. The molecule has 0 amide bonds. The van der Waals surface area contributed by atoms with Crippen LogP contribution in [0.3, 0.4) is 0 Å². The maximum Gasteiger partial charge on any atom is 0.235 e. The Morgan fingerprint density at radius 3 is 0.898 bits per heavy atom. The molecule has 552 valence electrons. The molecule has 0 fully saturated rings. The van der Waals surface area contributed by atoms with Gasteiger partial charge in [0.15, 0.2) is 17.5 Å². The average molecular weight is 1510 g/mol. The average Bonchev–Trinajstić information content (AvgIpc) is 1.59. The fourth-order valence-corrected chi connectivity index (χ4v) is 17.4. The summed E-state index contributed by atoms with van der Waals surface area (Å²) in [6.45, 7) is 0. The van der Waals surface area contributed by atoms with E-state index < -0.39 is 0 Å². The van der Waals surface area contributed by atoms with Gasteiger partial charge in [-0.1, -0.05) is 303 Å². The Balaban J connectivity index is 0.000000143. The van der Waals surface area contributed by atoms with Crippen molar-refractivity contribution in [3.8, 4) is 124 Å². The number of hydrogen-bond acceptors (Lipinski definition) is 5. The summed E-state index contributed by atoms with van der Waals surface area (Å²) in [4.78, 5) is 25.0. The zero-order valence-electron chi connectivity index (χ0n) is 64.0. The van der Waals surface area contributed by atoms with Gasteiger partial charge in [-0.3, -0.25) is 4.57 Å². The molecule has 9 nitrogen and oxygen atoms in total. The maximum atomic E-state index is 5.22. The van der Waals surface area contributed by atoms with Crippen molar-refractivity contribution in [3.63, 3.8) is 0 Å². The van der Waals surface area contributed by atoms with E-state index in [1.165, 1.54) is 93.3 Å². The molecule has 0 aliphatic carbocycles. The number of para-hydroxylation sites is 5. The Bertz CT molecular complexity index is 7670. The SMILES string of the molecule is c1ccc(-c2ccc(-c3cccc(-c4ccnc(-n5c6ccccc6c6cc(-c7ccc8c(c7)c7cc(-c9ccccc9)ccc7n8-c7ccccc7)ccc65)n4)c3)cc2)cc1.c1ccc(-c2nc(-c3ccccc3)nc(-c3cccc(-n4c5ccccc5c5cc(-c6cccc(-n7c8ccccc8c8ccccc87)c6)ccc54)c3)n2)cc1. The van der Waals surface area contributed by atoms with E-state index in [4.69, 9.17) is 24.9 Å². The van der Waals surface area contributed by atoms with Crippen LogP contribution in [-0.4, -0.2) is 43.2 Å². The summed E-state index contributed by atoms with van der Waals surface area (Å²) in [5, 5.41) is 9.69. The van der Waals surface area contributed by atoms with Crippen LogP contribution in [0.1, 0.15) is 0 Å². The number of nitrogens with zero attached hydrogens (tertiary/aromatic N) is 9. The molecule has 23 rings (SSSR count). The Kier molecular flexibility index (Phi) is 17.0. The quantitative estimate of drug-likeness (QED) is 0.115. The molecule has 9 heteroatoms. The predicted molar refractivity (Wildman–Crippen MR) is 488 cm³/mol. The van der Waals surface area contributed by atoms with Crippen LogP contribution in [0.2, 0.25) is 0 Å². The molecular weight excluding hydrogens is 1440 g/mol. The van der Waals surface area contributed by atoms with Crippen molar-refractivity contribution in [2.45, 2.75) is 0 Å². The maximum absolute atomic E-state index is 5.22. The monoisotopic (exact) mass is 1510 g/mol. The highest BCUT2D eigenvalue weighted by atomic mass is 15.2. The minimum absolute atomic E-state index is 0.630. The fraction of sp³-hybridized carbons (Fsp3) is 0. The zero-order valence-corrected chi connectivity index (χ0v) is 64.0. The Labute approximate surface area is 680 Å². The van der Waals surface area contributed by atoms with Gasteiger partial charge in [0.25, 0.3) is 0 Å². The van der Waals surface area contributed by atoms with Crippen molar-refractivity contribution in [1.82, 2.24) is 43.2 Å². The van der Waals surface area contributed by atoms with Crippen LogP contribution >= 0.6 is 0 Å². The Hall–Kier alpha value is -16.0. The molecule has 0 unspecified atom stereocenters. The van der Waals surface area contributed by atoms with Gasteiger partial charge in [0.1, 0.15) is 0 Å². The first-order valence-corrected chi connectivity index (χ1v) is 39.9. The van der Waals surface area contributed by atoms with Gasteiger partial charge < -0.3 is 13.7 Å². The van der Waals surface area contributed by atoms with Gasteiger partial charge in [-0.2, -0.15) is 0 Å². The third kappa shape index (κ3) is 12.3. The topological polar surface area (TPSA) is 84.2 Å². The van der Waals surface area contributed by atoms with Gasteiger partial charge in [0.05, 0.1) is 49.8 Å². The first kappa shape index (κ1) is 68.8. The largest absolute Gasteiger partial charge is 0.309 e. The highest BCUT2D eigenvalue weighted by Gasteiger charge is 2.22. The van der Waals surface area contributed by atoms with E-state index in [0.717, 1.165) is 94.5 Å². The van der Waals surface area contributed by atoms with E-state index in [-0.39, 0.29) is 0 Å². The van der Waals surface area contributed by atoms with Crippen LogP contribution in [-0.2, 0) is 0 Å². The number of hydrogen-bond donors (Lipinski definition) is 0. The number of rotatable bonds is 13. The molecule has 6 heterocycles. The van der Waals surface area contributed by atoms with Crippen LogP contribution in [0.15, 0.2) is 431 Å². The Morgan fingerprint density at radius 2 is 0.424 bits per heavy atom. The molecule has 0 N–H and O–H groups in total. The molecule has 0 bridgehead atoms. The summed E-state index contributed by atoms with van der Waals surface area (Å²) < 4.78 is 9.31. The van der Waals surface area contributed by atoms with E-state index >= 15 is 0 Å². The highest BCUT2D eigenvalue weighted by Crippen LogP contribution is 2.43. The van der Waals surface area contributed by atoms with Gasteiger partial charge in [0, 0.05) is 88.6 Å². The van der Waals surface area contributed by atoms with Crippen LogP contribution in [0.25, 0.3) is 211 Å². The van der Waals surface area contributed by atoms with Gasteiger partial charge in [-0.05, 0) is 177 Å². The lowest BCUT2D eigenvalue weighted by Crippen LogP contribution is -2.01. The lowest BCUT2D eigenvalue weighted by Gasteiger charge is -2.12. The molecule has 0 saturated carbocycles. The molecule has 17 aromatic carbocycles. The van der Waals surface area contributed by atoms with Crippen LogP contribution in [0, 0.1) is 0 Å². The van der Waals surface area contributed by atoms with Crippen molar-refractivity contribution in [3.05, 3.63) is 431 Å². The van der Waals surface area contributed by atoms with Crippen molar-refractivity contribution >= 4 is 87.2 Å². The van der Waals surface area contributed by atoms with E-state index in [2.05, 4.69) is 376 Å². The summed E-state index contributed by atoms with van der Waals surface area (Å²) in [7, 11) is 0. The van der Waals surface area contributed by atoms with Gasteiger partial charge in [-0.25, -0.2) is 24.9 Å². The first-order chi connectivity index (χ1) is 58.5. The van der Waals surface area contributed by atoms with Crippen LogP contribution < -0.4 is 0 Å². The van der Waals surface area contributed by atoms with E-state index in [9.17, 15) is 0 Å². The number of aromatic nitrogens is 9. The lowest BCUT2D eigenvalue weighted by molar-refractivity contribution is 0.992. The summed E-state index contributed by atoms with van der Waals surface area (Å²) in [5.74, 6) is 2.56. The van der Waals surface area contributed by atoms with Crippen molar-refractivity contribution in [1.29, 1.82) is 0 Å². The minimum atomic E-state index is 0.630. The molecule has 23 aromatic rings. The zero-order chi connectivity index (χ0) is 78.0. The van der Waals surface area contributed by atoms with Gasteiger partial charge in [0.2, 0.25) is 5.95 Å². The highest BCUT2D eigenvalue weighted by molar-refractivity contribution is 6.15. The normalized spacial score (nSPS) is 11.6. The molecule has 0 atom stereocenters. The second kappa shape index (κ2) is 29.2. The van der Waals surface area contributed by atoms with Gasteiger partial charge in [-0.15, -0.1) is 0 Å². The second-order valence-corrected chi connectivity index (χ2v) is 29.9.